The summed E-state index contributed by atoms with van der Waals surface area (Å²) in [6.07, 6.45) is -11.4. The number of carboxylic acids is 1. The van der Waals surface area contributed by atoms with Gasteiger partial charge in [-0.15, -0.1) is 0 Å². The minimum atomic E-state index is -4.59. The fraction of sp³-hybridized carbons (Fsp3) is 0.417. The third-order valence-electron chi connectivity index (χ3n) is 2.61. The molecule has 1 rings (SSSR count). The molecule has 0 aliphatic heterocycles. The molecular formula is C12H10F6O2. The first kappa shape index (κ1) is 16.3. The molecule has 0 radical (unpaired) electrons. The lowest BCUT2D eigenvalue weighted by Gasteiger charge is -2.18. The molecule has 0 bridgehead atoms. The minimum Gasteiger partial charge on any atom is -0.481 e. The molecule has 112 valence electrons. The van der Waals surface area contributed by atoms with Gasteiger partial charge in [-0.25, -0.2) is 0 Å². The van der Waals surface area contributed by atoms with Crippen LogP contribution in [0.25, 0.3) is 0 Å². The third-order valence-corrected chi connectivity index (χ3v) is 2.61. The Hall–Kier alpha value is -1.73. The van der Waals surface area contributed by atoms with E-state index < -0.39 is 42.6 Å². The van der Waals surface area contributed by atoms with Crippen molar-refractivity contribution < 1.29 is 36.2 Å². The summed E-state index contributed by atoms with van der Waals surface area (Å²) in [6.45, 7) is 0. The number of carboxylic acid groups (broad SMARTS) is 1. The highest BCUT2D eigenvalue weighted by atomic mass is 19.4. The molecule has 0 saturated carbocycles. The summed E-state index contributed by atoms with van der Waals surface area (Å²) in [7, 11) is 0. The topological polar surface area (TPSA) is 37.3 Å². The van der Waals surface area contributed by atoms with Crippen molar-refractivity contribution in [2.75, 3.05) is 0 Å². The molecule has 2 nitrogen and oxygen atoms in total. The van der Waals surface area contributed by atoms with Crippen LogP contribution in [0, 0.1) is 0 Å². The lowest BCUT2D eigenvalue weighted by Crippen LogP contribution is -2.17. The van der Waals surface area contributed by atoms with Gasteiger partial charge in [-0.1, -0.05) is 12.1 Å². The molecule has 0 heterocycles. The number of hydrogen-bond donors (Lipinski definition) is 1. The summed E-state index contributed by atoms with van der Waals surface area (Å²) in [5.74, 6) is -2.85. The predicted molar refractivity (Wildman–Crippen MR) is 57.1 cm³/mol. The lowest BCUT2D eigenvalue weighted by atomic mass is 9.91. The van der Waals surface area contributed by atoms with E-state index in [1.807, 2.05) is 0 Å². The molecular weight excluding hydrogens is 290 g/mol. The highest BCUT2D eigenvalue weighted by molar-refractivity contribution is 5.68. The molecule has 0 spiro atoms. The van der Waals surface area contributed by atoms with Crippen LogP contribution in [-0.4, -0.2) is 17.3 Å². The minimum absolute atomic E-state index is 0.0854. The van der Waals surface area contributed by atoms with Gasteiger partial charge in [-0.05, 0) is 17.7 Å². The second-order valence-electron chi connectivity index (χ2n) is 4.23. The summed E-state index contributed by atoms with van der Waals surface area (Å²) in [6, 6.07) is 3.03. The maximum atomic E-state index is 12.3. The molecule has 1 N–H and O–H groups in total. The van der Waals surface area contributed by atoms with Gasteiger partial charge in [-0.2, -0.15) is 26.3 Å². The SMILES string of the molecule is O=C(O)CC(CC(F)(F)F)c1ccc(C(F)(F)F)cc1. The molecule has 1 atom stereocenters. The van der Waals surface area contributed by atoms with Gasteiger partial charge in [0.25, 0.3) is 0 Å². The average Bonchev–Trinajstić information content (AvgIpc) is 2.24. The number of alkyl halides is 6. The van der Waals surface area contributed by atoms with Gasteiger partial charge in [0.2, 0.25) is 0 Å². The van der Waals surface area contributed by atoms with Crippen molar-refractivity contribution in [1.82, 2.24) is 0 Å². The summed E-state index contributed by atoms with van der Waals surface area (Å²) in [5.41, 5.74) is -1.08. The maximum Gasteiger partial charge on any atom is 0.416 e. The van der Waals surface area contributed by atoms with Crippen LogP contribution in [0.15, 0.2) is 24.3 Å². The van der Waals surface area contributed by atoms with Gasteiger partial charge in [0.15, 0.2) is 0 Å². The first-order valence-corrected chi connectivity index (χ1v) is 5.45. The molecule has 0 saturated heterocycles. The Balaban J connectivity index is 2.99. The van der Waals surface area contributed by atoms with E-state index in [1.54, 1.807) is 0 Å². The van der Waals surface area contributed by atoms with Crippen LogP contribution in [-0.2, 0) is 11.0 Å². The van der Waals surface area contributed by atoms with Crippen LogP contribution in [0.5, 0.6) is 0 Å². The summed E-state index contributed by atoms with van der Waals surface area (Å²) in [5, 5.41) is 8.58. The Morgan fingerprint density at radius 2 is 1.55 bits per heavy atom. The monoisotopic (exact) mass is 300 g/mol. The van der Waals surface area contributed by atoms with Crippen molar-refractivity contribution in [3.8, 4) is 0 Å². The van der Waals surface area contributed by atoms with E-state index in [4.69, 9.17) is 5.11 Å². The van der Waals surface area contributed by atoms with Crippen LogP contribution in [0.3, 0.4) is 0 Å². The van der Waals surface area contributed by atoms with E-state index in [0.717, 1.165) is 12.1 Å². The zero-order valence-electron chi connectivity index (χ0n) is 9.92. The number of hydrogen-bond acceptors (Lipinski definition) is 1. The molecule has 1 aromatic rings. The van der Waals surface area contributed by atoms with Crippen molar-refractivity contribution in [1.29, 1.82) is 0 Å². The van der Waals surface area contributed by atoms with Gasteiger partial charge in [0.05, 0.1) is 18.4 Å². The summed E-state index contributed by atoms with van der Waals surface area (Å²) >= 11 is 0. The van der Waals surface area contributed by atoms with Crippen LogP contribution in [0.1, 0.15) is 29.9 Å². The van der Waals surface area contributed by atoms with E-state index >= 15 is 0 Å². The van der Waals surface area contributed by atoms with Crippen molar-refractivity contribution in [2.45, 2.75) is 31.1 Å². The van der Waals surface area contributed by atoms with Gasteiger partial charge in [0.1, 0.15) is 0 Å². The van der Waals surface area contributed by atoms with Gasteiger partial charge in [-0.3, -0.25) is 4.79 Å². The van der Waals surface area contributed by atoms with E-state index in [9.17, 15) is 31.1 Å². The number of rotatable bonds is 4. The molecule has 1 unspecified atom stereocenters. The standard InChI is InChI=1S/C12H10F6O2/c13-11(14,15)6-8(5-10(19)20)7-1-3-9(4-2-7)12(16,17)18/h1-4,8H,5-6H2,(H,19,20). The fourth-order valence-electron chi connectivity index (χ4n) is 1.74. The first-order valence-electron chi connectivity index (χ1n) is 5.45. The van der Waals surface area contributed by atoms with E-state index in [0.29, 0.717) is 12.1 Å². The second kappa shape index (κ2) is 5.72. The first-order chi connectivity index (χ1) is 8.99. The fourth-order valence-corrected chi connectivity index (χ4v) is 1.74. The van der Waals surface area contributed by atoms with Gasteiger partial charge >= 0.3 is 18.3 Å². The third kappa shape index (κ3) is 5.10. The molecule has 0 aliphatic carbocycles. The van der Waals surface area contributed by atoms with Crippen LogP contribution in [0.4, 0.5) is 26.3 Å². The Morgan fingerprint density at radius 1 is 1.05 bits per heavy atom. The van der Waals surface area contributed by atoms with E-state index in [-0.39, 0.29) is 5.56 Å². The van der Waals surface area contributed by atoms with Crippen LogP contribution < -0.4 is 0 Å². The maximum absolute atomic E-state index is 12.3. The number of aliphatic carboxylic acids is 1. The second-order valence-corrected chi connectivity index (χ2v) is 4.23. The quantitative estimate of drug-likeness (QED) is 0.845. The molecule has 0 aromatic heterocycles. The van der Waals surface area contributed by atoms with Crippen molar-refractivity contribution >= 4 is 5.97 Å². The Bertz CT molecular complexity index is 460. The largest absolute Gasteiger partial charge is 0.481 e. The Labute approximate surface area is 110 Å². The van der Waals surface area contributed by atoms with Crippen molar-refractivity contribution in [2.24, 2.45) is 0 Å². The zero-order chi connectivity index (χ0) is 15.6. The molecule has 0 fully saturated rings. The summed E-state index contributed by atoms with van der Waals surface area (Å²) in [4.78, 5) is 10.5. The van der Waals surface area contributed by atoms with E-state index in [2.05, 4.69) is 0 Å². The Morgan fingerprint density at radius 3 is 1.90 bits per heavy atom. The normalized spacial score (nSPS) is 14.1. The van der Waals surface area contributed by atoms with Crippen molar-refractivity contribution in [3.63, 3.8) is 0 Å². The van der Waals surface area contributed by atoms with Crippen LogP contribution in [0.2, 0.25) is 0 Å². The van der Waals surface area contributed by atoms with Crippen molar-refractivity contribution in [3.05, 3.63) is 35.4 Å². The molecule has 0 aliphatic rings. The molecule has 1 aromatic carbocycles. The zero-order valence-corrected chi connectivity index (χ0v) is 9.92. The smallest absolute Gasteiger partial charge is 0.416 e. The van der Waals surface area contributed by atoms with Gasteiger partial charge in [0, 0.05) is 5.92 Å². The highest BCUT2D eigenvalue weighted by Crippen LogP contribution is 2.35. The number of benzene rings is 1. The molecule has 20 heavy (non-hydrogen) atoms. The Kier molecular flexibility index (Phi) is 4.67. The highest BCUT2D eigenvalue weighted by Gasteiger charge is 2.34. The molecule has 0 amide bonds. The van der Waals surface area contributed by atoms with Crippen LogP contribution >= 0.6 is 0 Å². The number of halogens is 6. The predicted octanol–water partition coefficient (Wildman–Crippen LogP) is 4.22. The molecule has 8 heteroatoms. The lowest BCUT2D eigenvalue weighted by molar-refractivity contribution is -0.146. The number of carbonyl (C=O) groups is 1. The average molecular weight is 300 g/mol. The summed E-state index contributed by atoms with van der Waals surface area (Å²) < 4.78 is 74.0. The van der Waals surface area contributed by atoms with E-state index in [1.165, 1.54) is 0 Å². The van der Waals surface area contributed by atoms with Gasteiger partial charge < -0.3 is 5.11 Å².